The topological polar surface area (TPSA) is 16.1 Å². The van der Waals surface area contributed by atoms with E-state index in [9.17, 15) is 0 Å². The maximum Gasteiger partial charge on any atom is 0.0410 e. The van der Waals surface area contributed by atoms with E-state index in [1.165, 1.54) is 5.56 Å². The van der Waals surface area contributed by atoms with Crippen LogP contribution in [0, 0.1) is 0 Å². The van der Waals surface area contributed by atoms with Crippen LogP contribution in [0.15, 0.2) is 22.9 Å². The minimum absolute atomic E-state index is 0.967. The first-order chi connectivity index (χ1) is 6.76. The van der Waals surface area contributed by atoms with E-state index in [0.717, 1.165) is 29.4 Å². The molecule has 0 radical (unpaired) electrons. The maximum atomic E-state index is 4.15. The van der Waals surface area contributed by atoms with E-state index in [-0.39, 0.29) is 0 Å². The monoisotopic (exact) mass is 320 g/mol. The van der Waals surface area contributed by atoms with Crippen LogP contribution in [0.1, 0.15) is 12.5 Å². The lowest BCUT2D eigenvalue weighted by molar-refractivity contribution is 0.299. The van der Waals surface area contributed by atoms with Crippen molar-refractivity contribution in [3.63, 3.8) is 0 Å². The Balaban J connectivity index is 2.57. The second-order valence-electron chi connectivity index (χ2n) is 3.07. The normalized spacial score (nSPS) is 10.9. The SMILES string of the molecule is CCN(CCBr)Cc1cncc(Br)c1. The van der Waals surface area contributed by atoms with Crippen molar-refractivity contribution < 1.29 is 0 Å². The first-order valence-electron chi connectivity index (χ1n) is 4.64. The summed E-state index contributed by atoms with van der Waals surface area (Å²) in [5.41, 5.74) is 1.25. The van der Waals surface area contributed by atoms with Crippen molar-refractivity contribution in [1.29, 1.82) is 0 Å². The van der Waals surface area contributed by atoms with Gasteiger partial charge in [-0.05, 0) is 34.1 Å². The maximum absolute atomic E-state index is 4.15. The molecule has 0 aliphatic rings. The molecule has 1 heterocycles. The minimum atomic E-state index is 0.967. The molecule has 78 valence electrons. The van der Waals surface area contributed by atoms with Gasteiger partial charge < -0.3 is 0 Å². The predicted octanol–water partition coefficient (Wildman–Crippen LogP) is 3.06. The van der Waals surface area contributed by atoms with Gasteiger partial charge in [-0.2, -0.15) is 0 Å². The molecular formula is C10H14Br2N2. The molecule has 1 rings (SSSR count). The quantitative estimate of drug-likeness (QED) is 0.775. The van der Waals surface area contributed by atoms with Crippen LogP contribution in [0.25, 0.3) is 0 Å². The van der Waals surface area contributed by atoms with Crippen LogP contribution in [0.2, 0.25) is 0 Å². The van der Waals surface area contributed by atoms with Gasteiger partial charge in [0.25, 0.3) is 0 Å². The lowest BCUT2D eigenvalue weighted by Crippen LogP contribution is -2.24. The fraction of sp³-hybridized carbons (Fsp3) is 0.500. The second-order valence-corrected chi connectivity index (χ2v) is 4.78. The van der Waals surface area contributed by atoms with Gasteiger partial charge in [0.1, 0.15) is 0 Å². The zero-order chi connectivity index (χ0) is 10.4. The Morgan fingerprint density at radius 3 is 2.79 bits per heavy atom. The van der Waals surface area contributed by atoms with Crippen molar-refractivity contribution >= 4 is 31.9 Å². The van der Waals surface area contributed by atoms with Crippen molar-refractivity contribution in [3.8, 4) is 0 Å². The third-order valence-electron chi connectivity index (χ3n) is 2.02. The largest absolute Gasteiger partial charge is 0.298 e. The summed E-state index contributed by atoms with van der Waals surface area (Å²) < 4.78 is 1.05. The van der Waals surface area contributed by atoms with Crippen molar-refractivity contribution in [2.45, 2.75) is 13.5 Å². The fourth-order valence-corrected chi connectivity index (χ4v) is 2.18. The van der Waals surface area contributed by atoms with Gasteiger partial charge in [0.05, 0.1) is 0 Å². The highest BCUT2D eigenvalue weighted by atomic mass is 79.9. The van der Waals surface area contributed by atoms with E-state index in [0.29, 0.717) is 0 Å². The Kier molecular flexibility index (Phi) is 5.67. The molecule has 0 N–H and O–H groups in total. The van der Waals surface area contributed by atoms with Crippen LogP contribution >= 0.6 is 31.9 Å². The van der Waals surface area contributed by atoms with Crippen molar-refractivity contribution in [3.05, 3.63) is 28.5 Å². The zero-order valence-electron chi connectivity index (χ0n) is 8.21. The molecule has 0 aromatic carbocycles. The van der Waals surface area contributed by atoms with Crippen LogP contribution in [-0.4, -0.2) is 28.3 Å². The first kappa shape index (κ1) is 12.1. The van der Waals surface area contributed by atoms with Crippen LogP contribution in [0.3, 0.4) is 0 Å². The average Bonchev–Trinajstić information content (AvgIpc) is 2.17. The molecule has 2 nitrogen and oxygen atoms in total. The van der Waals surface area contributed by atoms with E-state index in [1.807, 2.05) is 12.4 Å². The summed E-state index contributed by atoms with van der Waals surface area (Å²) in [6, 6.07) is 2.11. The molecule has 0 spiro atoms. The molecule has 1 aromatic heterocycles. The molecule has 0 saturated carbocycles. The van der Waals surface area contributed by atoms with Gasteiger partial charge in [-0.1, -0.05) is 22.9 Å². The third kappa shape index (κ3) is 4.07. The summed E-state index contributed by atoms with van der Waals surface area (Å²) in [6.07, 6.45) is 3.73. The van der Waals surface area contributed by atoms with E-state index in [1.54, 1.807) is 0 Å². The number of nitrogens with zero attached hydrogens (tertiary/aromatic N) is 2. The van der Waals surface area contributed by atoms with Crippen LogP contribution < -0.4 is 0 Å². The van der Waals surface area contributed by atoms with Crippen molar-refractivity contribution in [1.82, 2.24) is 9.88 Å². The fourth-order valence-electron chi connectivity index (χ4n) is 1.27. The van der Waals surface area contributed by atoms with Gasteiger partial charge in [-0.15, -0.1) is 0 Å². The second kappa shape index (κ2) is 6.53. The lowest BCUT2D eigenvalue weighted by Gasteiger charge is -2.18. The van der Waals surface area contributed by atoms with Crippen molar-refractivity contribution in [2.24, 2.45) is 0 Å². The summed E-state index contributed by atoms with van der Waals surface area (Å²) in [5.74, 6) is 0. The molecule has 0 fully saturated rings. The Hall–Kier alpha value is 0.0700. The van der Waals surface area contributed by atoms with Gasteiger partial charge in [0.15, 0.2) is 0 Å². The van der Waals surface area contributed by atoms with Gasteiger partial charge in [0.2, 0.25) is 0 Å². The Labute approximate surface area is 102 Å². The third-order valence-corrected chi connectivity index (χ3v) is 2.80. The highest BCUT2D eigenvalue weighted by Gasteiger charge is 2.02. The lowest BCUT2D eigenvalue weighted by atomic mass is 10.2. The first-order valence-corrected chi connectivity index (χ1v) is 6.55. The van der Waals surface area contributed by atoms with Gasteiger partial charge >= 0.3 is 0 Å². The molecule has 1 aromatic rings. The molecule has 14 heavy (non-hydrogen) atoms. The molecule has 0 bridgehead atoms. The molecule has 0 atom stereocenters. The highest BCUT2D eigenvalue weighted by molar-refractivity contribution is 9.10. The molecule has 0 aliphatic heterocycles. The smallest absolute Gasteiger partial charge is 0.0410 e. The number of rotatable bonds is 5. The Morgan fingerprint density at radius 2 is 2.21 bits per heavy atom. The van der Waals surface area contributed by atoms with E-state index >= 15 is 0 Å². The Morgan fingerprint density at radius 1 is 1.43 bits per heavy atom. The van der Waals surface area contributed by atoms with Crippen LogP contribution in [0.4, 0.5) is 0 Å². The van der Waals surface area contributed by atoms with Gasteiger partial charge in [-0.3, -0.25) is 9.88 Å². The number of pyridine rings is 1. The summed E-state index contributed by atoms with van der Waals surface area (Å²) in [5, 5.41) is 1.02. The standard InChI is InChI=1S/C10H14Br2N2/c1-2-14(4-3-11)8-9-5-10(12)7-13-6-9/h5-7H,2-4,8H2,1H3. The molecule has 4 heteroatoms. The highest BCUT2D eigenvalue weighted by Crippen LogP contribution is 2.11. The van der Waals surface area contributed by atoms with Crippen LogP contribution in [-0.2, 0) is 6.54 Å². The van der Waals surface area contributed by atoms with E-state index in [2.05, 4.69) is 54.7 Å². The summed E-state index contributed by atoms with van der Waals surface area (Å²) >= 11 is 6.87. The van der Waals surface area contributed by atoms with E-state index in [4.69, 9.17) is 0 Å². The summed E-state index contributed by atoms with van der Waals surface area (Å²) in [7, 11) is 0. The van der Waals surface area contributed by atoms with Gasteiger partial charge in [-0.25, -0.2) is 0 Å². The molecular weight excluding hydrogens is 308 g/mol. The minimum Gasteiger partial charge on any atom is -0.298 e. The number of alkyl halides is 1. The molecule has 0 saturated heterocycles. The Bertz CT molecular complexity index is 279. The predicted molar refractivity (Wildman–Crippen MR) is 66.7 cm³/mol. The number of hydrogen-bond acceptors (Lipinski definition) is 2. The van der Waals surface area contributed by atoms with Crippen molar-refractivity contribution in [2.75, 3.05) is 18.4 Å². The summed E-state index contributed by atoms with van der Waals surface area (Å²) in [4.78, 5) is 6.52. The van der Waals surface area contributed by atoms with Crippen LogP contribution in [0.5, 0.6) is 0 Å². The van der Waals surface area contributed by atoms with Gasteiger partial charge in [0, 0.05) is 35.3 Å². The summed E-state index contributed by atoms with van der Waals surface area (Å²) in [6.45, 7) is 5.28. The van der Waals surface area contributed by atoms with E-state index < -0.39 is 0 Å². The zero-order valence-corrected chi connectivity index (χ0v) is 11.4. The average molecular weight is 322 g/mol. The molecule has 0 unspecified atom stereocenters. The number of aromatic nitrogens is 1. The molecule has 0 amide bonds. The molecule has 0 aliphatic carbocycles. The number of halogens is 2. The number of hydrogen-bond donors (Lipinski definition) is 0.